The number of hydrogen-bond acceptors (Lipinski definition) is 5. The molecular formula is C25H22N4O2. The van der Waals surface area contributed by atoms with Gasteiger partial charge in [0.15, 0.2) is 11.5 Å². The van der Waals surface area contributed by atoms with Gasteiger partial charge in [0.1, 0.15) is 5.82 Å². The Balaban J connectivity index is 1.59. The molecule has 1 aromatic heterocycles. The number of nitrogens with one attached hydrogen (secondary N) is 2. The van der Waals surface area contributed by atoms with Gasteiger partial charge in [-0.15, -0.1) is 0 Å². The number of imidazole rings is 1. The number of methoxy groups -OCH3 is 2. The van der Waals surface area contributed by atoms with Gasteiger partial charge < -0.3 is 14.5 Å². The molecule has 0 saturated carbocycles. The first-order valence-corrected chi connectivity index (χ1v) is 10.1. The molecule has 0 fully saturated rings. The lowest BCUT2D eigenvalue weighted by Crippen LogP contribution is -2.19. The number of hydrogen-bond donors (Lipinski definition) is 2. The average molecular weight is 410 g/mol. The van der Waals surface area contributed by atoms with Crippen LogP contribution >= 0.6 is 0 Å². The minimum atomic E-state index is 0.618. The van der Waals surface area contributed by atoms with Crippen molar-refractivity contribution in [3.05, 3.63) is 89.7 Å². The molecule has 0 bridgehead atoms. The average Bonchev–Trinajstić information content (AvgIpc) is 3.28. The zero-order valence-corrected chi connectivity index (χ0v) is 17.3. The van der Waals surface area contributed by atoms with Gasteiger partial charge >= 0.3 is 0 Å². The van der Waals surface area contributed by atoms with Gasteiger partial charge in [0.25, 0.3) is 0 Å². The van der Waals surface area contributed by atoms with Crippen molar-refractivity contribution in [1.82, 2.24) is 15.4 Å². The van der Waals surface area contributed by atoms with E-state index in [-0.39, 0.29) is 0 Å². The predicted molar refractivity (Wildman–Crippen MR) is 123 cm³/mol. The number of allylic oxidation sites excluding steroid dienone is 1. The molecule has 2 N–H and O–H groups in total. The van der Waals surface area contributed by atoms with Crippen molar-refractivity contribution in [2.75, 3.05) is 14.2 Å². The second-order valence-electron chi connectivity index (χ2n) is 7.24. The van der Waals surface area contributed by atoms with E-state index in [4.69, 9.17) is 14.5 Å². The molecular weight excluding hydrogens is 388 g/mol. The highest BCUT2D eigenvalue weighted by Gasteiger charge is 2.23. The molecule has 6 heteroatoms. The molecule has 0 atom stereocenters. The summed E-state index contributed by atoms with van der Waals surface area (Å²) in [6.07, 6.45) is 0.618. The normalized spacial score (nSPS) is 13.7. The number of benzene rings is 3. The molecule has 0 aliphatic carbocycles. The van der Waals surface area contributed by atoms with E-state index in [1.54, 1.807) is 14.2 Å². The van der Waals surface area contributed by atoms with Crippen molar-refractivity contribution >= 4 is 28.0 Å². The van der Waals surface area contributed by atoms with Gasteiger partial charge in [0.2, 0.25) is 0 Å². The number of aromatic amines is 1. The van der Waals surface area contributed by atoms with Crippen molar-refractivity contribution < 1.29 is 9.47 Å². The fourth-order valence-electron chi connectivity index (χ4n) is 3.81. The van der Waals surface area contributed by atoms with Crippen LogP contribution in [0.5, 0.6) is 11.5 Å². The Morgan fingerprint density at radius 2 is 1.58 bits per heavy atom. The molecule has 3 aromatic carbocycles. The largest absolute Gasteiger partial charge is 0.493 e. The maximum absolute atomic E-state index is 5.48. The molecule has 31 heavy (non-hydrogen) atoms. The maximum atomic E-state index is 5.48. The van der Waals surface area contributed by atoms with E-state index in [9.17, 15) is 0 Å². The van der Waals surface area contributed by atoms with Crippen LogP contribution in [0.1, 0.15) is 23.4 Å². The van der Waals surface area contributed by atoms with E-state index >= 15 is 0 Å². The van der Waals surface area contributed by atoms with Gasteiger partial charge in [0.05, 0.1) is 36.7 Å². The third-order valence-electron chi connectivity index (χ3n) is 5.40. The number of rotatable bonds is 5. The van der Waals surface area contributed by atoms with Gasteiger partial charge in [-0.1, -0.05) is 42.5 Å². The Bertz CT molecular complexity index is 1270. The van der Waals surface area contributed by atoms with E-state index in [1.165, 1.54) is 0 Å². The Hall–Kier alpha value is -4.06. The molecule has 4 aromatic rings. The van der Waals surface area contributed by atoms with Gasteiger partial charge in [0, 0.05) is 17.6 Å². The zero-order valence-electron chi connectivity index (χ0n) is 17.3. The zero-order chi connectivity index (χ0) is 21.2. The summed E-state index contributed by atoms with van der Waals surface area (Å²) in [7, 11) is 3.27. The Morgan fingerprint density at radius 1 is 0.806 bits per heavy atom. The topological polar surface area (TPSA) is 71.5 Å². The van der Waals surface area contributed by atoms with Crippen molar-refractivity contribution in [3.8, 4) is 11.5 Å². The summed E-state index contributed by atoms with van der Waals surface area (Å²) in [5.74, 6) is 2.19. The predicted octanol–water partition coefficient (Wildman–Crippen LogP) is 4.85. The number of nitrogens with zero attached hydrogens (tertiary/aromatic N) is 2. The molecule has 2 heterocycles. The summed E-state index contributed by atoms with van der Waals surface area (Å²) >= 11 is 0. The van der Waals surface area contributed by atoms with Gasteiger partial charge in [-0.2, -0.15) is 5.10 Å². The molecule has 1 aliphatic heterocycles. The van der Waals surface area contributed by atoms with E-state index in [1.807, 2.05) is 60.7 Å². The molecule has 0 unspecified atom stereocenters. The van der Waals surface area contributed by atoms with Crippen LogP contribution in [0.15, 0.2) is 77.9 Å². The van der Waals surface area contributed by atoms with Crippen LogP contribution < -0.4 is 14.9 Å². The van der Waals surface area contributed by atoms with E-state index < -0.39 is 0 Å². The van der Waals surface area contributed by atoms with E-state index in [0.29, 0.717) is 17.9 Å². The van der Waals surface area contributed by atoms with Crippen LogP contribution in [0, 0.1) is 0 Å². The first-order valence-electron chi connectivity index (χ1n) is 10.1. The molecule has 1 aliphatic rings. The lowest BCUT2D eigenvalue weighted by Gasteiger charge is -2.21. The van der Waals surface area contributed by atoms with Crippen LogP contribution in [0.2, 0.25) is 0 Å². The van der Waals surface area contributed by atoms with Crippen LogP contribution in [0.4, 0.5) is 0 Å². The first kappa shape index (κ1) is 18.9. The van der Waals surface area contributed by atoms with Crippen LogP contribution in [0.25, 0.3) is 22.3 Å². The van der Waals surface area contributed by atoms with E-state index in [0.717, 1.165) is 45.0 Å². The van der Waals surface area contributed by atoms with Crippen molar-refractivity contribution in [3.63, 3.8) is 0 Å². The quantitative estimate of drug-likeness (QED) is 0.494. The summed E-state index contributed by atoms with van der Waals surface area (Å²) < 4.78 is 10.9. The third kappa shape index (κ3) is 3.53. The molecule has 0 amide bonds. The van der Waals surface area contributed by atoms with Gasteiger partial charge in [-0.25, -0.2) is 4.98 Å². The Morgan fingerprint density at radius 3 is 2.35 bits per heavy atom. The van der Waals surface area contributed by atoms with Gasteiger partial charge in [-0.05, 0) is 35.9 Å². The summed E-state index contributed by atoms with van der Waals surface area (Å²) in [5, 5.41) is 4.69. The minimum Gasteiger partial charge on any atom is -0.493 e. The monoisotopic (exact) mass is 410 g/mol. The number of fused-ring (bicyclic) bond motifs is 1. The second-order valence-corrected chi connectivity index (χ2v) is 7.24. The molecule has 0 radical (unpaired) electrons. The fraction of sp³-hybridized carbons (Fsp3) is 0.120. The standard InChI is InChI=1S/C25H22N4O2/c1-30-22-13-12-17(14-23(22)31-2)21-15-18(24(29-28-21)16-8-4-3-5-9-16)25-26-19-10-6-7-11-20(19)27-25/h3-14,29H,15H2,1-2H3,(H,26,27). The summed E-state index contributed by atoms with van der Waals surface area (Å²) in [6, 6.07) is 24.1. The first-order chi connectivity index (χ1) is 15.3. The molecule has 6 nitrogen and oxygen atoms in total. The SMILES string of the molecule is COc1ccc(C2=NNC(c3ccccc3)=C(c3nc4ccccc4[nH]3)C2)cc1OC. The highest BCUT2D eigenvalue weighted by molar-refractivity contribution is 6.11. The number of ether oxygens (including phenoxy) is 2. The maximum Gasteiger partial charge on any atom is 0.161 e. The third-order valence-corrected chi connectivity index (χ3v) is 5.40. The van der Waals surface area contributed by atoms with E-state index in [2.05, 4.69) is 27.6 Å². The summed E-state index contributed by atoms with van der Waals surface area (Å²) in [4.78, 5) is 8.32. The molecule has 5 rings (SSSR count). The Kier molecular flexibility index (Phi) is 4.88. The molecule has 154 valence electrons. The van der Waals surface area contributed by atoms with Crippen molar-refractivity contribution in [2.24, 2.45) is 5.10 Å². The minimum absolute atomic E-state index is 0.618. The lowest BCUT2D eigenvalue weighted by atomic mass is 9.96. The highest BCUT2D eigenvalue weighted by atomic mass is 16.5. The highest BCUT2D eigenvalue weighted by Crippen LogP contribution is 2.34. The second kappa shape index (κ2) is 7.99. The van der Waals surface area contributed by atoms with Crippen molar-refractivity contribution in [1.29, 1.82) is 0 Å². The number of H-pyrrole nitrogens is 1. The number of hydrazone groups is 1. The Labute approximate surface area is 180 Å². The molecule has 0 saturated heterocycles. The number of aromatic nitrogens is 2. The lowest BCUT2D eigenvalue weighted by molar-refractivity contribution is 0.355. The summed E-state index contributed by atoms with van der Waals surface area (Å²) in [5.41, 5.74) is 10.2. The number of para-hydroxylation sites is 2. The van der Waals surface area contributed by atoms with Crippen molar-refractivity contribution in [2.45, 2.75) is 6.42 Å². The fourth-order valence-corrected chi connectivity index (χ4v) is 3.81. The van der Waals surface area contributed by atoms with Crippen LogP contribution in [-0.2, 0) is 0 Å². The van der Waals surface area contributed by atoms with Crippen LogP contribution in [0.3, 0.4) is 0 Å². The molecule has 0 spiro atoms. The van der Waals surface area contributed by atoms with Crippen LogP contribution in [-0.4, -0.2) is 29.9 Å². The smallest absolute Gasteiger partial charge is 0.161 e. The summed E-state index contributed by atoms with van der Waals surface area (Å²) in [6.45, 7) is 0. The van der Waals surface area contributed by atoms with Gasteiger partial charge in [-0.3, -0.25) is 5.43 Å².